The molecule has 1 aliphatic heterocycles. The average Bonchev–Trinajstić information content (AvgIpc) is 2.72. The van der Waals surface area contributed by atoms with E-state index in [1.165, 1.54) is 0 Å². The summed E-state index contributed by atoms with van der Waals surface area (Å²) in [7, 11) is 1.68. The maximum absolute atomic E-state index is 11.9. The SMILES string of the molecule is C=NN(C=NC)[C@@H]1CCN(C(=O)OC(C)(C)C)C1. The highest BCUT2D eigenvalue weighted by Gasteiger charge is 2.32. The molecule has 0 unspecified atom stereocenters. The summed E-state index contributed by atoms with van der Waals surface area (Å²) in [5, 5.41) is 5.57. The number of likely N-dealkylation sites (tertiary alicyclic amines) is 1. The lowest BCUT2D eigenvalue weighted by molar-refractivity contribution is 0.0286. The van der Waals surface area contributed by atoms with Crippen LogP contribution < -0.4 is 0 Å². The third-order valence-electron chi connectivity index (χ3n) is 2.59. The third-order valence-corrected chi connectivity index (χ3v) is 2.59. The second-order valence-corrected chi connectivity index (χ2v) is 5.26. The molecule has 0 aromatic carbocycles. The Labute approximate surface area is 108 Å². The van der Waals surface area contributed by atoms with Gasteiger partial charge in [0.25, 0.3) is 0 Å². The van der Waals surface area contributed by atoms with Crippen LogP contribution in [0.3, 0.4) is 0 Å². The highest BCUT2D eigenvalue weighted by atomic mass is 16.6. The van der Waals surface area contributed by atoms with E-state index in [0.29, 0.717) is 13.1 Å². The van der Waals surface area contributed by atoms with Crippen LogP contribution in [0.5, 0.6) is 0 Å². The fraction of sp³-hybridized carbons (Fsp3) is 0.750. The lowest BCUT2D eigenvalue weighted by Gasteiger charge is -2.25. The van der Waals surface area contributed by atoms with Gasteiger partial charge in [-0.1, -0.05) is 0 Å². The van der Waals surface area contributed by atoms with Crippen LogP contribution >= 0.6 is 0 Å². The van der Waals surface area contributed by atoms with Gasteiger partial charge in [-0.3, -0.25) is 10.0 Å². The Morgan fingerprint density at radius 1 is 1.56 bits per heavy atom. The molecule has 6 heteroatoms. The average molecular weight is 254 g/mol. The molecule has 1 aliphatic rings. The van der Waals surface area contributed by atoms with Crippen LogP contribution in [0.1, 0.15) is 27.2 Å². The second-order valence-electron chi connectivity index (χ2n) is 5.26. The minimum atomic E-state index is -0.462. The van der Waals surface area contributed by atoms with Crippen molar-refractivity contribution in [3.8, 4) is 0 Å². The van der Waals surface area contributed by atoms with Crippen molar-refractivity contribution in [1.29, 1.82) is 0 Å². The van der Waals surface area contributed by atoms with Crippen LogP contribution in [0.25, 0.3) is 0 Å². The molecule has 0 radical (unpaired) electrons. The van der Waals surface area contributed by atoms with Gasteiger partial charge in [0.15, 0.2) is 0 Å². The molecular formula is C12H22N4O2. The van der Waals surface area contributed by atoms with Crippen LogP contribution in [0.15, 0.2) is 10.1 Å². The number of hydrazone groups is 1. The number of aliphatic imine (C=N–C) groups is 1. The first-order chi connectivity index (χ1) is 8.37. The molecule has 0 aromatic heterocycles. The summed E-state index contributed by atoms with van der Waals surface area (Å²) in [4.78, 5) is 17.5. The molecule has 0 aliphatic carbocycles. The zero-order chi connectivity index (χ0) is 13.8. The Morgan fingerprint density at radius 3 is 2.72 bits per heavy atom. The van der Waals surface area contributed by atoms with Gasteiger partial charge in [0.1, 0.15) is 11.9 Å². The fourth-order valence-electron chi connectivity index (χ4n) is 1.81. The molecule has 1 atom stereocenters. The van der Waals surface area contributed by atoms with Gasteiger partial charge in [0.05, 0.1) is 6.04 Å². The molecular weight excluding hydrogens is 232 g/mol. The zero-order valence-electron chi connectivity index (χ0n) is 11.6. The topological polar surface area (TPSA) is 57.5 Å². The molecule has 0 bridgehead atoms. The van der Waals surface area contributed by atoms with E-state index in [2.05, 4.69) is 16.8 Å². The first kappa shape index (κ1) is 14.5. The summed E-state index contributed by atoms with van der Waals surface area (Å²) >= 11 is 0. The first-order valence-electron chi connectivity index (χ1n) is 6.02. The maximum Gasteiger partial charge on any atom is 0.410 e. The summed E-state index contributed by atoms with van der Waals surface area (Å²) in [5.74, 6) is 0. The number of amides is 1. The van der Waals surface area contributed by atoms with Crippen molar-refractivity contribution >= 4 is 19.1 Å². The van der Waals surface area contributed by atoms with Gasteiger partial charge in [-0.25, -0.2) is 4.79 Å². The van der Waals surface area contributed by atoms with Crippen molar-refractivity contribution in [3.63, 3.8) is 0 Å². The molecule has 18 heavy (non-hydrogen) atoms. The van der Waals surface area contributed by atoms with Gasteiger partial charge in [-0.05, 0) is 27.2 Å². The Balaban J connectivity index is 2.55. The molecule has 1 fully saturated rings. The molecule has 102 valence electrons. The molecule has 0 saturated carbocycles. The summed E-state index contributed by atoms with van der Waals surface area (Å²) < 4.78 is 5.33. The largest absolute Gasteiger partial charge is 0.444 e. The highest BCUT2D eigenvalue weighted by Crippen LogP contribution is 2.18. The summed E-state index contributed by atoms with van der Waals surface area (Å²) in [6.07, 6.45) is 2.18. The summed E-state index contributed by atoms with van der Waals surface area (Å²) in [5.41, 5.74) is -0.462. The van der Waals surface area contributed by atoms with Gasteiger partial charge in [0.2, 0.25) is 0 Å². The van der Waals surface area contributed by atoms with Gasteiger partial charge in [-0.2, -0.15) is 5.10 Å². The summed E-state index contributed by atoms with van der Waals surface area (Å²) in [6, 6.07) is 0.124. The van der Waals surface area contributed by atoms with E-state index >= 15 is 0 Å². The fourth-order valence-corrected chi connectivity index (χ4v) is 1.81. The number of carbonyl (C=O) groups is 1. The maximum atomic E-state index is 11.9. The van der Waals surface area contributed by atoms with E-state index in [4.69, 9.17) is 4.74 Å². The van der Waals surface area contributed by atoms with E-state index in [-0.39, 0.29) is 12.1 Å². The number of carbonyl (C=O) groups excluding carboxylic acids is 1. The van der Waals surface area contributed by atoms with Crippen molar-refractivity contribution in [2.45, 2.75) is 38.8 Å². The van der Waals surface area contributed by atoms with Crippen molar-refractivity contribution in [2.75, 3.05) is 20.1 Å². The third kappa shape index (κ3) is 4.01. The number of hydrogen-bond acceptors (Lipinski definition) is 4. The molecule has 1 saturated heterocycles. The Hall–Kier alpha value is -1.59. The smallest absolute Gasteiger partial charge is 0.410 e. The van der Waals surface area contributed by atoms with Gasteiger partial charge < -0.3 is 9.64 Å². The van der Waals surface area contributed by atoms with E-state index < -0.39 is 5.60 Å². The Morgan fingerprint density at radius 2 is 2.22 bits per heavy atom. The molecule has 0 N–H and O–H groups in total. The Bertz CT molecular complexity index is 335. The molecule has 1 amide bonds. The lowest BCUT2D eigenvalue weighted by Crippen LogP contribution is -2.38. The van der Waals surface area contributed by atoms with E-state index in [0.717, 1.165) is 6.42 Å². The van der Waals surface area contributed by atoms with E-state index in [1.54, 1.807) is 23.3 Å². The zero-order valence-corrected chi connectivity index (χ0v) is 11.6. The molecule has 6 nitrogen and oxygen atoms in total. The standard InChI is InChI=1S/C12H22N4O2/c1-12(2,3)18-11(17)15-7-6-10(8-15)16(14-5)9-13-4/h9-10H,5-8H2,1-4H3/t10-/m1/s1. The Kier molecular flexibility index (Phi) is 4.69. The van der Waals surface area contributed by atoms with Crippen molar-refractivity contribution in [1.82, 2.24) is 9.91 Å². The van der Waals surface area contributed by atoms with Crippen LogP contribution in [0.2, 0.25) is 0 Å². The summed E-state index contributed by atoms with van der Waals surface area (Å²) in [6.45, 7) is 10.3. The van der Waals surface area contributed by atoms with Crippen molar-refractivity contribution in [3.05, 3.63) is 0 Å². The molecule has 1 rings (SSSR count). The molecule has 0 aromatic rings. The normalized spacial score (nSPS) is 20.2. The van der Waals surface area contributed by atoms with Gasteiger partial charge >= 0.3 is 6.09 Å². The second kappa shape index (κ2) is 5.84. The van der Waals surface area contributed by atoms with Crippen LogP contribution in [-0.4, -0.2) is 60.8 Å². The van der Waals surface area contributed by atoms with Crippen molar-refractivity contribution in [2.24, 2.45) is 10.1 Å². The van der Waals surface area contributed by atoms with E-state index in [9.17, 15) is 4.79 Å². The minimum Gasteiger partial charge on any atom is -0.444 e. The first-order valence-corrected chi connectivity index (χ1v) is 6.02. The highest BCUT2D eigenvalue weighted by molar-refractivity contribution is 5.68. The lowest BCUT2D eigenvalue weighted by atomic mass is 10.2. The molecule has 0 spiro atoms. The minimum absolute atomic E-state index is 0.124. The van der Waals surface area contributed by atoms with Crippen molar-refractivity contribution < 1.29 is 9.53 Å². The predicted octanol–water partition coefficient (Wildman–Crippen LogP) is 1.57. The quantitative estimate of drug-likeness (QED) is 0.436. The monoisotopic (exact) mass is 254 g/mol. The number of ether oxygens (including phenoxy) is 1. The van der Waals surface area contributed by atoms with Crippen LogP contribution in [0.4, 0.5) is 4.79 Å². The number of nitrogens with zero attached hydrogens (tertiary/aromatic N) is 4. The predicted molar refractivity (Wildman–Crippen MR) is 72.0 cm³/mol. The van der Waals surface area contributed by atoms with Crippen LogP contribution in [-0.2, 0) is 4.74 Å². The number of rotatable bonds is 3. The van der Waals surface area contributed by atoms with Gasteiger partial charge in [0, 0.05) is 26.9 Å². The van der Waals surface area contributed by atoms with Gasteiger partial charge in [-0.15, -0.1) is 0 Å². The molecule has 1 heterocycles. The van der Waals surface area contributed by atoms with E-state index in [1.807, 2.05) is 20.8 Å². The number of hydrogen-bond donors (Lipinski definition) is 0. The van der Waals surface area contributed by atoms with Crippen LogP contribution in [0, 0.1) is 0 Å².